The van der Waals surface area contributed by atoms with Gasteiger partial charge in [-0.3, -0.25) is 4.79 Å². The average molecular weight is 225 g/mol. The molecule has 1 aliphatic rings. The second-order valence-corrected chi connectivity index (χ2v) is 4.73. The second kappa shape index (κ2) is 4.72. The minimum atomic E-state index is 0.0387. The zero-order chi connectivity index (χ0) is 10.7. The van der Waals surface area contributed by atoms with Crippen molar-refractivity contribution in [1.82, 2.24) is 10.3 Å². The van der Waals surface area contributed by atoms with Crippen molar-refractivity contribution < 1.29 is 4.79 Å². The third kappa shape index (κ3) is 2.54. The molecular formula is C10H15N3OS. The first-order valence-electron chi connectivity index (χ1n) is 5.22. The molecule has 1 aromatic rings. The number of nitrogens with zero attached hydrogens (tertiary/aromatic N) is 1. The number of amides is 1. The van der Waals surface area contributed by atoms with E-state index in [0.29, 0.717) is 13.0 Å². The van der Waals surface area contributed by atoms with Gasteiger partial charge in [0.1, 0.15) is 0 Å². The van der Waals surface area contributed by atoms with Crippen molar-refractivity contribution in [3.8, 4) is 0 Å². The molecule has 0 saturated heterocycles. The fourth-order valence-electron chi connectivity index (χ4n) is 1.66. The molecule has 0 aliphatic heterocycles. The number of aryl methyl sites for hydroxylation is 2. The van der Waals surface area contributed by atoms with Crippen molar-refractivity contribution in [2.24, 2.45) is 0 Å². The molecule has 2 N–H and O–H groups in total. The Morgan fingerprint density at radius 1 is 1.53 bits per heavy atom. The molecule has 4 nitrogen and oxygen atoms in total. The maximum absolute atomic E-state index is 11.4. The van der Waals surface area contributed by atoms with Crippen molar-refractivity contribution in [2.45, 2.75) is 25.7 Å². The minimum absolute atomic E-state index is 0.0387. The monoisotopic (exact) mass is 225 g/mol. The molecule has 5 heteroatoms. The van der Waals surface area contributed by atoms with Crippen LogP contribution < -0.4 is 10.6 Å². The van der Waals surface area contributed by atoms with Gasteiger partial charge in [0.2, 0.25) is 5.91 Å². The Balaban J connectivity index is 1.90. The summed E-state index contributed by atoms with van der Waals surface area (Å²) in [6.07, 6.45) is 3.90. The first-order chi connectivity index (χ1) is 7.29. The van der Waals surface area contributed by atoms with Gasteiger partial charge in [0.25, 0.3) is 0 Å². The number of fused-ring (bicyclic) bond motifs is 1. The predicted octanol–water partition coefficient (Wildman–Crippen LogP) is 1.18. The lowest BCUT2D eigenvalue weighted by Crippen LogP contribution is -2.18. The van der Waals surface area contributed by atoms with Gasteiger partial charge in [-0.15, -0.1) is 11.3 Å². The van der Waals surface area contributed by atoms with Crippen molar-refractivity contribution in [3.05, 3.63) is 10.6 Å². The average Bonchev–Trinajstić information content (AvgIpc) is 2.74. The highest BCUT2D eigenvalue weighted by molar-refractivity contribution is 7.15. The van der Waals surface area contributed by atoms with Gasteiger partial charge < -0.3 is 10.6 Å². The molecule has 1 heterocycles. The summed E-state index contributed by atoms with van der Waals surface area (Å²) in [5.74, 6) is 0.0387. The molecular weight excluding hydrogens is 210 g/mol. The summed E-state index contributed by atoms with van der Waals surface area (Å²) in [5.41, 5.74) is 1.18. The van der Waals surface area contributed by atoms with Crippen LogP contribution in [0.2, 0.25) is 0 Å². The fourth-order valence-corrected chi connectivity index (χ4v) is 2.73. The smallest absolute Gasteiger partial charge is 0.227 e. The first kappa shape index (κ1) is 10.6. The van der Waals surface area contributed by atoms with Gasteiger partial charge in [-0.2, -0.15) is 0 Å². The maximum atomic E-state index is 11.4. The van der Waals surface area contributed by atoms with Crippen molar-refractivity contribution >= 4 is 22.4 Å². The van der Waals surface area contributed by atoms with E-state index in [1.165, 1.54) is 17.0 Å². The topological polar surface area (TPSA) is 54.0 Å². The molecule has 0 atom stereocenters. The standard InChI is InChI=1S/C10H15N3OS/c1-11-6-5-9(14)13-10-12-7-3-2-4-8(7)15-10/h11H,2-6H2,1H3,(H,12,13,14). The summed E-state index contributed by atoms with van der Waals surface area (Å²) >= 11 is 1.62. The van der Waals surface area contributed by atoms with E-state index in [4.69, 9.17) is 0 Å². The van der Waals surface area contributed by atoms with E-state index in [9.17, 15) is 4.79 Å². The molecule has 0 spiro atoms. The van der Waals surface area contributed by atoms with Crippen molar-refractivity contribution in [2.75, 3.05) is 18.9 Å². The fraction of sp³-hybridized carbons (Fsp3) is 0.600. The lowest BCUT2D eigenvalue weighted by Gasteiger charge is -2.00. The van der Waals surface area contributed by atoms with E-state index in [1.54, 1.807) is 11.3 Å². The highest BCUT2D eigenvalue weighted by Crippen LogP contribution is 2.30. The summed E-state index contributed by atoms with van der Waals surface area (Å²) in [6, 6.07) is 0. The second-order valence-electron chi connectivity index (χ2n) is 3.64. The SMILES string of the molecule is CNCCC(=O)Nc1nc2c(s1)CCC2. The summed E-state index contributed by atoms with van der Waals surface area (Å²) in [5, 5.41) is 6.54. The van der Waals surface area contributed by atoms with Gasteiger partial charge in [-0.05, 0) is 26.3 Å². The van der Waals surface area contributed by atoms with E-state index < -0.39 is 0 Å². The van der Waals surface area contributed by atoms with Crippen LogP contribution in [-0.4, -0.2) is 24.5 Å². The third-order valence-electron chi connectivity index (χ3n) is 2.44. The number of anilines is 1. The zero-order valence-corrected chi connectivity index (χ0v) is 9.62. The van der Waals surface area contributed by atoms with Gasteiger partial charge in [-0.25, -0.2) is 4.98 Å². The lowest BCUT2D eigenvalue weighted by atomic mass is 10.4. The van der Waals surface area contributed by atoms with Crippen LogP contribution in [-0.2, 0) is 17.6 Å². The van der Waals surface area contributed by atoms with Gasteiger partial charge in [0.15, 0.2) is 5.13 Å². The van der Waals surface area contributed by atoms with Crippen LogP contribution in [0.4, 0.5) is 5.13 Å². The number of aromatic nitrogens is 1. The molecule has 0 saturated carbocycles. The Labute approximate surface area is 93.1 Å². The number of hydrogen-bond acceptors (Lipinski definition) is 4. The number of carbonyl (C=O) groups is 1. The summed E-state index contributed by atoms with van der Waals surface area (Å²) in [7, 11) is 1.84. The van der Waals surface area contributed by atoms with Gasteiger partial charge >= 0.3 is 0 Å². The molecule has 82 valence electrons. The summed E-state index contributed by atoms with van der Waals surface area (Å²) in [4.78, 5) is 17.2. The molecule has 0 unspecified atom stereocenters. The molecule has 1 amide bonds. The Bertz CT molecular complexity index is 340. The van der Waals surface area contributed by atoms with E-state index in [0.717, 1.165) is 18.0 Å². The molecule has 0 fully saturated rings. The third-order valence-corrected chi connectivity index (χ3v) is 3.52. The summed E-state index contributed by atoms with van der Waals surface area (Å²) < 4.78 is 0. The van der Waals surface area contributed by atoms with E-state index in [1.807, 2.05) is 7.05 Å². The number of nitrogens with one attached hydrogen (secondary N) is 2. The molecule has 15 heavy (non-hydrogen) atoms. The Hall–Kier alpha value is -0.940. The normalized spacial score (nSPS) is 13.9. The predicted molar refractivity (Wildman–Crippen MR) is 61.3 cm³/mol. The van der Waals surface area contributed by atoms with Gasteiger partial charge in [-0.1, -0.05) is 0 Å². The lowest BCUT2D eigenvalue weighted by molar-refractivity contribution is -0.116. The Morgan fingerprint density at radius 2 is 2.40 bits per heavy atom. The highest BCUT2D eigenvalue weighted by Gasteiger charge is 2.17. The maximum Gasteiger partial charge on any atom is 0.227 e. The largest absolute Gasteiger partial charge is 0.319 e. The summed E-state index contributed by atoms with van der Waals surface area (Å²) in [6.45, 7) is 0.705. The van der Waals surface area contributed by atoms with Crippen LogP contribution in [0.1, 0.15) is 23.4 Å². The van der Waals surface area contributed by atoms with Crippen LogP contribution in [0.25, 0.3) is 0 Å². The Morgan fingerprint density at radius 3 is 3.13 bits per heavy atom. The van der Waals surface area contributed by atoms with Gasteiger partial charge in [0, 0.05) is 17.8 Å². The zero-order valence-electron chi connectivity index (χ0n) is 8.80. The van der Waals surface area contributed by atoms with Crippen LogP contribution in [0, 0.1) is 0 Å². The van der Waals surface area contributed by atoms with E-state index in [2.05, 4.69) is 15.6 Å². The molecule has 0 radical (unpaired) electrons. The number of thiazole rings is 1. The van der Waals surface area contributed by atoms with Crippen molar-refractivity contribution in [3.63, 3.8) is 0 Å². The number of carbonyl (C=O) groups excluding carboxylic acids is 1. The van der Waals surface area contributed by atoms with Crippen LogP contribution >= 0.6 is 11.3 Å². The van der Waals surface area contributed by atoms with E-state index >= 15 is 0 Å². The Kier molecular flexibility index (Phi) is 3.33. The molecule has 0 aromatic carbocycles. The molecule has 0 bridgehead atoms. The van der Waals surface area contributed by atoms with Crippen LogP contribution in [0.15, 0.2) is 0 Å². The molecule has 2 rings (SSSR count). The first-order valence-corrected chi connectivity index (χ1v) is 6.04. The minimum Gasteiger partial charge on any atom is -0.319 e. The van der Waals surface area contributed by atoms with Gasteiger partial charge in [0.05, 0.1) is 5.69 Å². The van der Waals surface area contributed by atoms with Crippen molar-refractivity contribution in [1.29, 1.82) is 0 Å². The molecule has 1 aromatic heterocycles. The van der Waals surface area contributed by atoms with Crippen LogP contribution in [0.5, 0.6) is 0 Å². The number of hydrogen-bond donors (Lipinski definition) is 2. The quantitative estimate of drug-likeness (QED) is 0.809. The van der Waals surface area contributed by atoms with Crippen LogP contribution in [0.3, 0.4) is 0 Å². The highest BCUT2D eigenvalue weighted by atomic mass is 32.1. The van der Waals surface area contributed by atoms with E-state index in [-0.39, 0.29) is 5.91 Å². The molecule has 1 aliphatic carbocycles. The number of rotatable bonds is 4.